The van der Waals surface area contributed by atoms with E-state index in [-0.39, 0.29) is 12.0 Å². The van der Waals surface area contributed by atoms with Gasteiger partial charge in [-0.15, -0.1) is 0 Å². The van der Waals surface area contributed by atoms with Gasteiger partial charge in [0.25, 0.3) is 0 Å². The van der Waals surface area contributed by atoms with E-state index in [1.807, 2.05) is 13.1 Å². The molecule has 0 fully saturated rings. The quantitative estimate of drug-likeness (QED) is 0.587. The Bertz CT molecular complexity index is 177. The summed E-state index contributed by atoms with van der Waals surface area (Å²) in [6, 6.07) is 0. The molecular formula is C8H14N2O. The molecule has 0 spiro atoms. The molecule has 1 heterocycles. The average Bonchev–Trinajstić information content (AvgIpc) is 1.94. The van der Waals surface area contributed by atoms with E-state index >= 15 is 0 Å². The molecule has 0 aromatic heterocycles. The van der Waals surface area contributed by atoms with Crippen LogP contribution in [0.4, 0.5) is 0 Å². The first-order chi connectivity index (χ1) is 5.29. The van der Waals surface area contributed by atoms with E-state index in [4.69, 9.17) is 10.1 Å². The predicted molar refractivity (Wildman–Crippen MR) is 44.8 cm³/mol. The maximum atomic E-state index is 7.19. The van der Waals surface area contributed by atoms with Gasteiger partial charge in [-0.05, 0) is 18.7 Å². The Balaban J connectivity index is 2.54. The molecule has 0 amide bonds. The zero-order valence-electron chi connectivity index (χ0n) is 6.92. The highest BCUT2D eigenvalue weighted by Gasteiger charge is 2.21. The van der Waals surface area contributed by atoms with E-state index < -0.39 is 0 Å². The Morgan fingerprint density at radius 1 is 1.82 bits per heavy atom. The molecule has 2 N–H and O–H groups in total. The summed E-state index contributed by atoms with van der Waals surface area (Å²) in [4.78, 5) is 0. The first kappa shape index (κ1) is 8.27. The highest BCUT2D eigenvalue weighted by Crippen LogP contribution is 2.17. The minimum absolute atomic E-state index is 0.112. The lowest BCUT2D eigenvalue weighted by molar-refractivity contribution is 0.0997. The van der Waals surface area contributed by atoms with Gasteiger partial charge in [0.2, 0.25) is 0 Å². The van der Waals surface area contributed by atoms with Gasteiger partial charge in [-0.1, -0.05) is 0 Å². The maximum Gasteiger partial charge on any atom is 0.0659 e. The van der Waals surface area contributed by atoms with Gasteiger partial charge in [-0.2, -0.15) is 0 Å². The molecule has 1 rings (SSSR count). The molecule has 0 unspecified atom stereocenters. The monoisotopic (exact) mass is 154 g/mol. The zero-order chi connectivity index (χ0) is 8.27. The molecule has 0 aliphatic carbocycles. The number of hydrogen-bond donors (Lipinski definition) is 2. The third-order valence-electron chi connectivity index (χ3n) is 2.08. The van der Waals surface area contributed by atoms with Crippen molar-refractivity contribution < 1.29 is 4.74 Å². The van der Waals surface area contributed by atoms with Gasteiger partial charge < -0.3 is 15.5 Å². The smallest absolute Gasteiger partial charge is 0.0659 e. The van der Waals surface area contributed by atoms with E-state index in [0.717, 1.165) is 6.54 Å². The number of hydrogen-bond acceptors (Lipinski definition) is 3. The molecule has 1 aliphatic heterocycles. The molecule has 3 nitrogen and oxygen atoms in total. The number of nitrogens with one attached hydrogen (secondary N) is 2. The summed E-state index contributed by atoms with van der Waals surface area (Å²) in [5.41, 5.74) is 1.26. The molecule has 11 heavy (non-hydrogen) atoms. The van der Waals surface area contributed by atoms with Gasteiger partial charge in [-0.3, -0.25) is 0 Å². The molecule has 3 heteroatoms. The summed E-state index contributed by atoms with van der Waals surface area (Å²) in [5.74, 6) is 0.154. The Morgan fingerprint density at radius 2 is 2.45 bits per heavy atom. The van der Waals surface area contributed by atoms with Gasteiger partial charge >= 0.3 is 0 Å². The Hall–Kier alpha value is -0.830. The SMILES string of the molecule is CO[C@H](C)[C@@H](C=N)C1=CNC1. The van der Waals surface area contributed by atoms with Crippen LogP contribution in [0.5, 0.6) is 0 Å². The first-order valence-electron chi connectivity index (χ1n) is 3.75. The summed E-state index contributed by atoms with van der Waals surface area (Å²) < 4.78 is 5.14. The van der Waals surface area contributed by atoms with Crippen molar-refractivity contribution in [3.05, 3.63) is 11.8 Å². The predicted octanol–water partition coefficient (Wildman–Crippen LogP) is 0.774. The average molecular weight is 154 g/mol. The Kier molecular flexibility index (Phi) is 2.65. The lowest BCUT2D eigenvalue weighted by Gasteiger charge is -2.26. The maximum absolute atomic E-state index is 7.19. The van der Waals surface area contributed by atoms with Crippen molar-refractivity contribution in [2.75, 3.05) is 13.7 Å². The van der Waals surface area contributed by atoms with E-state index in [1.165, 1.54) is 11.8 Å². The molecule has 2 atom stereocenters. The third-order valence-corrected chi connectivity index (χ3v) is 2.08. The summed E-state index contributed by atoms with van der Waals surface area (Å²) in [6.45, 7) is 2.88. The molecule has 0 bridgehead atoms. The summed E-state index contributed by atoms with van der Waals surface area (Å²) >= 11 is 0. The van der Waals surface area contributed by atoms with Crippen molar-refractivity contribution in [1.29, 1.82) is 5.41 Å². The fraction of sp³-hybridized carbons (Fsp3) is 0.625. The van der Waals surface area contributed by atoms with Crippen LogP contribution >= 0.6 is 0 Å². The van der Waals surface area contributed by atoms with Gasteiger partial charge in [0.15, 0.2) is 0 Å². The van der Waals surface area contributed by atoms with E-state index in [9.17, 15) is 0 Å². The highest BCUT2D eigenvalue weighted by atomic mass is 16.5. The molecule has 62 valence electrons. The first-order valence-corrected chi connectivity index (χ1v) is 3.75. The standard InChI is InChI=1S/C8H14N2O/c1-6(11-2)8(3-9)7-4-10-5-7/h3-4,6,8-10H,5H2,1-2H3/t6-,8-/m1/s1. The summed E-state index contributed by atoms with van der Waals surface area (Å²) in [6.07, 6.45) is 3.51. The van der Waals surface area contributed by atoms with E-state index in [2.05, 4.69) is 5.32 Å². The van der Waals surface area contributed by atoms with Crippen LogP contribution in [0.3, 0.4) is 0 Å². The van der Waals surface area contributed by atoms with Gasteiger partial charge in [0.1, 0.15) is 0 Å². The number of methoxy groups -OCH3 is 1. The van der Waals surface area contributed by atoms with Gasteiger partial charge in [0, 0.05) is 25.8 Å². The van der Waals surface area contributed by atoms with Crippen LogP contribution in [0.1, 0.15) is 6.92 Å². The molecular weight excluding hydrogens is 140 g/mol. The Morgan fingerprint density at radius 3 is 2.73 bits per heavy atom. The van der Waals surface area contributed by atoms with E-state index in [1.54, 1.807) is 7.11 Å². The largest absolute Gasteiger partial charge is 0.387 e. The molecule has 0 saturated carbocycles. The minimum Gasteiger partial charge on any atom is -0.387 e. The lowest BCUT2D eigenvalue weighted by atomic mass is 9.93. The van der Waals surface area contributed by atoms with Gasteiger partial charge in [-0.25, -0.2) is 0 Å². The zero-order valence-corrected chi connectivity index (χ0v) is 6.92. The second-order valence-electron chi connectivity index (χ2n) is 2.73. The second-order valence-corrected chi connectivity index (χ2v) is 2.73. The van der Waals surface area contributed by atoms with Crippen molar-refractivity contribution >= 4 is 6.21 Å². The van der Waals surface area contributed by atoms with Crippen LogP contribution in [-0.2, 0) is 4.74 Å². The van der Waals surface area contributed by atoms with Crippen molar-refractivity contribution in [2.45, 2.75) is 13.0 Å². The van der Waals surface area contributed by atoms with Crippen molar-refractivity contribution in [2.24, 2.45) is 5.92 Å². The van der Waals surface area contributed by atoms with Crippen LogP contribution in [0, 0.1) is 11.3 Å². The van der Waals surface area contributed by atoms with Crippen LogP contribution in [0.25, 0.3) is 0 Å². The molecule has 0 radical (unpaired) electrons. The van der Waals surface area contributed by atoms with Crippen LogP contribution in [-0.4, -0.2) is 26.0 Å². The highest BCUT2D eigenvalue weighted by molar-refractivity contribution is 5.63. The van der Waals surface area contributed by atoms with Crippen LogP contribution in [0.2, 0.25) is 0 Å². The van der Waals surface area contributed by atoms with Crippen LogP contribution < -0.4 is 5.32 Å². The van der Waals surface area contributed by atoms with Crippen LogP contribution in [0.15, 0.2) is 11.8 Å². The fourth-order valence-corrected chi connectivity index (χ4v) is 1.12. The van der Waals surface area contributed by atoms with Crippen molar-refractivity contribution in [1.82, 2.24) is 5.32 Å². The van der Waals surface area contributed by atoms with E-state index in [0.29, 0.717) is 0 Å². The van der Waals surface area contributed by atoms with Crippen molar-refractivity contribution in [3.63, 3.8) is 0 Å². The summed E-state index contributed by atoms with van der Waals surface area (Å²) in [5, 5.41) is 10.2. The lowest BCUT2D eigenvalue weighted by Crippen LogP contribution is -2.33. The normalized spacial score (nSPS) is 20.7. The second kappa shape index (κ2) is 3.53. The Labute approximate surface area is 66.9 Å². The number of ether oxygens (including phenoxy) is 1. The molecule has 0 saturated heterocycles. The number of rotatable bonds is 4. The van der Waals surface area contributed by atoms with Gasteiger partial charge in [0.05, 0.1) is 6.10 Å². The minimum atomic E-state index is 0.112. The third kappa shape index (κ3) is 1.60. The topological polar surface area (TPSA) is 45.1 Å². The summed E-state index contributed by atoms with van der Waals surface area (Å²) in [7, 11) is 1.67. The fourth-order valence-electron chi connectivity index (χ4n) is 1.12. The molecule has 1 aliphatic rings. The molecule has 0 aromatic rings. The van der Waals surface area contributed by atoms with Crippen molar-refractivity contribution in [3.8, 4) is 0 Å². The molecule has 0 aromatic carbocycles.